The molecule has 40 heavy (non-hydrogen) atoms. The van der Waals surface area contributed by atoms with E-state index in [1.54, 1.807) is 0 Å². The van der Waals surface area contributed by atoms with Crippen LogP contribution in [-0.4, -0.2) is 43.8 Å². The molecule has 6 rings (SSSR count). The molecule has 3 aromatic rings. The molecule has 6 heteroatoms. The number of allylic oxidation sites excluding steroid dienone is 1. The maximum Gasteiger partial charge on any atom is 0.242 e. The van der Waals surface area contributed by atoms with Gasteiger partial charge in [0.2, 0.25) is 5.91 Å². The molecule has 3 aliphatic rings. The number of benzene rings is 3. The van der Waals surface area contributed by atoms with Crippen LogP contribution in [0.15, 0.2) is 84.1 Å². The van der Waals surface area contributed by atoms with Crippen molar-refractivity contribution in [1.82, 2.24) is 4.90 Å². The number of nitrogens with zero attached hydrogens (tertiary/aromatic N) is 3. The van der Waals surface area contributed by atoms with Crippen LogP contribution in [0.25, 0.3) is 0 Å². The maximum absolute atomic E-state index is 14.0. The molecule has 6 nitrogen and oxygen atoms in total. The lowest BCUT2D eigenvalue weighted by atomic mass is 9.73. The Morgan fingerprint density at radius 1 is 0.950 bits per heavy atom. The molecule has 0 radical (unpaired) electrons. The molecular weight excluding hydrogens is 496 g/mol. The van der Waals surface area contributed by atoms with E-state index in [1.165, 1.54) is 11.1 Å². The first kappa shape index (κ1) is 26.2. The lowest BCUT2D eigenvalue weighted by molar-refractivity contribution is -0.130. The molecule has 1 atom stereocenters. The van der Waals surface area contributed by atoms with E-state index in [0.717, 1.165) is 46.7 Å². The Balaban J connectivity index is 1.45. The smallest absolute Gasteiger partial charge is 0.242 e. The summed E-state index contributed by atoms with van der Waals surface area (Å²) in [6.45, 7) is 5.82. The number of para-hydroxylation sites is 2. The van der Waals surface area contributed by atoms with Crippen molar-refractivity contribution in [3.8, 4) is 0 Å². The van der Waals surface area contributed by atoms with Crippen LogP contribution in [0.1, 0.15) is 49.4 Å². The summed E-state index contributed by atoms with van der Waals surface area (Å²) in [5.74, 6) is 0.226. The second kappa shape index (κ2) is 10.2. The lowest BCUT2D eigenvalue weighted by Crippen LogP contribution is -2.45. The second-order valence-corrected chi connectivity index (χ2v) is 12.3. The van der Waals surface area contributed by atoms with Gasteiger partial charge in [0.15, 0.2) is 5.78 Å². The number of carbonyl (C=O) groups excluding carboxylic acids is 2. The number of hydrogen-bond acceptors (Lipinski definition) is 5. The van der Waals surface area contributed by atoms with E-state index in [1.807, 2.05) is 37.2 Å². The first-order chi connectivity index (χ1) is 19.2. The van der Waals surface area contributed by atoms with Gasteiger partial charge in [0, 0.05) is 50.6 Å². The van der Waals surface area contributed by atoms with Gasteiger partial charge in [0.05, 0.1) is 24.0 Å². The number of fused-ring (bicyclic) bond motifs is 2. The summed E-state index contributed by atoms with van der Waals surface area (Å²) in [7, 11) is 4.05. The zero-order chi connectivity index (χ0) is 28.0. The molecule has 0 fully saturated rings. The number of Topliss-reactive ketones (excluding diaryl/α,β-unsaturated/α-hetero) is 1. The predicted molar refractivity (Wildman–Crippen MR) is 162 cm³/mol. The zero-order valence-electron chi connectivity index (χ0n) is 23.9. The fraction of sp³-hybridized carbons (Fsp3) is 0.353. The summed E-state index contributed by atoms with van der Waals surface area (Å²) in [5, 5.41) is 3.66. The van der Waals surface area contributed by atoms with Gasteiger partial charge in [0.1, 0.15) is 0 Å². The predicted octanol–water partition coefficient (Wildman–Crippen LogP) is 5.95. The standard InChI is InChI=1S/C34H38N4O2/c1-34(2)19-28-32(30(39)20-34)33(24-13-15-26(16-14-24)36(3)4)38(29-12-8-7-11-27(29)35-28)22-31(40)37-18-17-23-9-5-6-10-25(23)21-37/h5-16,33,35H,17-22H2,1-4H3. The summed E-state index contributed by atoms with van der Waals surface area (Å²) < 4.78 is 0. The van der Waals surface area contributed by atoms with Crippen molar-refractivity contribution < 1.29 is 9.59 Å². The molecule has 0 spiro atoms. The molecule has 3 aromatic carbocycles. The van der Waals surface area contributed by atoms with Gasteiger partial charge in [-0.3, -0.25) is 9.59 Å². The quantitative estimate of drug-likeness (QED) is 0.448. The molecule has 1 unspecified atom stereocenters. The van der Waals surface area contributed by atoms with Gasteiger partial charge >= 0.3 is 0 Å². The largest absolute Gasteiger partial charge is 0.378 e. The third kappa shape index (κ3) is 4.87. The number of hydrogen-bond donors (Lipinski definition) is 1. The Bertz CT molecular complexity index is 1490. The summed E-state index contributed by atoms with van der Waals surface area (Å²) in [4.78, 5) is 34.2. The van der Waals surface area contributed by atoms with Crippen LogP contribution in [0, 0.1) is 5.41 Å². The van der Waals surface area contributed by atoms with Crippen molar-refractivity contribution in [2.24, 2.45) is 5.41 Å². The average Bonchev–Trinajstić information content (AvgIpc) is 3.06. The number of anilines is 3. The van der Waals surface area contributed by atoms with Crippen molar-refractivity contribution in [1.29, 1.82) is 0 Å². The van der Waals surface area contributed by atoms with E-state index in [-0.39, 0.29) is 29.7 Å². The van der Waals surface area contributed by atoms with Crippen LogP contribution in [-0.2, 0) is 22.6 Å². The molecule has 1 N–H and O–H groups in total. The molecule has 0 bridgehead atoms. The molecule has 1 aliphatic carbocycles. The number of carbonyl (C=O) groups is 2. The molecule has 2 heterocycles. The Morgan fingerprint density at radius 3 is 2.40 bits per heavy atom. The van der Waals surface area contributed by atoms with E-state index >= 15 is 0 Å². The molecule has 0 saturated heterocycles. The summed E-state index contributed by atoms with van der Waals surface area (Å²) in [6.07, 6.45) is 2.12. The monoisotopic (exact) mass is 534 g/mol. The number of nitrogens with one attached hydrogen (secondary N) is 1. The van der Waals surface area contributed by atoms with E-state index in [9.17, 15) is 9.59 Å². The first-order valence-corrected chi connectivity index (χ1v) is 14.2. The van der Waals surface area contributed by atoms with Crippen molar-refractivity contribution in [2.45, 2.75) is 45.7 Å². The van der Waals surface area contributed by atoms with Crippen molar-refractivity contribution >= 4 is 28.8 Å². The Labute approximate surface area is 237 Å². The normalized spacial score (nSPS) is 19.7. The fourth-order valence-electron chi connectivity index (χ4n) is 6.48. The minimum absolute atomic E-state index is 0.0758. The topological polar surface area (TPSA) is 55.9 Å². The van der Waals surface area contributed by atoms with Gasteiger partial charge in [-0.1, -0.05) is 62.4 Å². The Morgan fingerprint density at radius 2 is 1.65 bits per heavy atom. The number of rotatable bonds is 4. The Kier molecular flexibility index (Phi) is 6.65. The molecule has 1 amide bonds. The number of ketones is 1. The van der Waals surface area contributed by atoms with Crippen LogP contribution in [0.2, 0.25) is 0 Å². The third-order valence-electron chi connectivity index (χ3n) is 8.52. The molecule has 2 aliphatic heterocycles. The van der Waals surface area contributed by atoms with Crippen LogP contribution < -0.4 is 15.1 Å². The summed E-state index contributed by atoms with van der Waals surface area (Å²) in [5.41, 5.74) is 8.13. The Hall–Kier alpha value is -4.06. The molecular formula is C34H38N4O2. The SMILES string of the molecule is CN(C)c1ccc(C2C3=C(CC(C)(C)CC3=O)Nc3ccccc3N2CC(=O)N2CCc3ccccc3C2)cc1. The minimum atomic E-state index is -0.369. The average molecular weight is 535 g/mol. The highest BCUT2D eigenvalue weighted by Gasteiger charge is 2.42. The lowest BCUT2D eigenvalue weighted by Gasteiger charge is -2.39. The highest BCUT2D eigenvalue weighted by Crippen LogP contribution is 2.48. The van der Waals surface area contributed by atoms with Crippen LogP contribution >= 0.6 is 0 Å². The van der Waals surface area contributed by atoms with Gasteiger partial charge in [-0.05, 0) is 59.2 Å². The molecule has 0 saturated carbocycles. The number of amides is 1. The van der Waals surface area contributed by atoms with E-state index in [2.05, 4.69) is 83.6 Å². The fourth-order valence-corrected chi connectivity index (χ4v) is 6.48. The van der Waals surface area contributed by atoms with E-state index < -0.39 is 0 Å². The zero-order valence-corrected chi connectivity index (χ0v) is 23.9. The molecule has 206 valence electrons. The van der Waals surface area contributed by atoms with Gasteiger partial charge in [-0.15, -0.1) is 0 Å². The minimum Gasteiger partial charge on any atom is -0.378 e. The highest BCUT2D eigenvalue weighted by atomic mass is 16.2. The van der Waals surface area contributed by atoms with Crippen LogP contribution in [0.4, 0.5) is 17.1 Å². The van der Waals surface area contributed by atoms with Crippen molar-refractivity contribution in [3.63, 3.8) is 0 Å². The first-order valence-electron chi connectivity index (χ1n) is 14.2. The van der Waals surface area contributed by atoms with Gasteiger partial charge < -0.3 is 20.0 Å². The second-order valence-electron chi connectivity index (χ2n) is 12.3. The summed E-state index contributed by atoms with van der Waals surface area (Å²) >= 11 is 0. The highest BCUT2D eigenvalue weighted by molar-refractivity contribution is 6.02. The van der Waals surface area contributed by atoms with Gasteiger partial charge in [-0.2, -0.15) is 0 Å². The van der Waals surface area contributed by atoms with E-state index in [0.29, 0.717) is 19.5 Å². The molecule has 0 aromatic heterocycles. The van der Waals surface area contributed by atoms with Crippen LogP contribution in [0.3, 0.4) is 0 Å². The third-order valence-corrected chi connectivity index (χ3v) is 8.52. The van der Waals surface area contributed by atoms with Crippen molar-refractivity contribution in [3.05, 3.63) is 101 Å². The van der Waals surface area contributed by atoms with Gasteiger partial charge in [-0.25, -0.2) is 0 Å². The summed E-state index contributed by atoms with van der Waals surface area (Å²) in [6, 6.07) is 24.6. The van der Waals surface area contributed by atoms with Crippen LogP contribution in [0.5, 0.6) is 0 Å². The van der Waals surface area contributed by atoms with E-state index in [4.69, 9.17) is 0 Å². The maximum atomic E-state index is 14.0. The van der Waals surface area contributed by atoms with Crippen molar-refractivity contribution in [2.75, 3.05) is 42.3 Å². The van der Waals surface area contributed by atoms with Gasteiger partial charge in [0.25, 0.3) is 0 Å².